The van der Waals surface area contributed by atoms with E-state index in [9.17, 15) is 4.79 Å². The maximum Gasteiger partial charge on any atom is 0.220 e. The van der Waals surface area contributed by atoms with E-state index in [1.165, 1.54) is 12.1 Å². The Morgan fingerprint density at radius 3 is 2.96 bits per heavy atom. The molecule has 1 aromatic carbocycles. The minimum Gasteiger partial charge on any atom is -0.350 e. The van der Waals surface area contributed by atoms with Gasteiger partial charge in [-0.05, 0) is 43.5 Å². The van der Waals surface area contributed by atoms with E-state index in [-0.39, 0.29) is 5.91 Å². The number of amides is 1. The van der Waals surface area contributed by atoms with Crippen molar-refractivity contribution in [2.45, 2.75) is 52.2 Å². The number of benzene rings is 1. The third kappa shape index (κ3) is 5.08. The maximum atomic E-state index is 12.1. The summed E-state index contributed by atoms with van der Waals surface area (Å²) in [5.74, 6) is 0.0284. The molecule has 5 nitrogen and oxygen atoms in total. The van der Waals surface area contributed by atoms with Crippen LogP contribution in [-0.4, -0.2) is 33.7 Å². The number of aryl methyl sites for hydroxylation is 2. The lowest BCUT2D eigenvalue weighted by molar-refractivity contribution is -0.121. The Morgan fingerprint density at radius 1 is 1.31 bits per heavy atom. The molecule has 140 valence electrons. The van der Waals surface area contributed by atoms with Crippen LogP contribution in [0.4, 0.5) is 0 Å². The maximum absolute atomic E-state index is 12.1. The lowest BCUT2D eigenvalue weighted by Gasteiger charge is -2.17. The van der Waals surface area contributed by atoms with E-state index >= 15 is 0 Å². The molecule has 2 heterocycles. The van der Waals surface area contributed by atoms with Gasteiger partial charge >= 0.3 is 0 Å². The summed E-state index contributed by atoms with van der Waals surface area (Å²) < 4.78 is 2.10. The number of fused-ring (bicyclic) bond motifs is 1. The second kappa shape index (κ2) is 9.19. The van der Waals surface area contributed by atoms with Gasteiger partial charge in [0.15, 0.2) is 0 Å². The summed E-state index contributed by atoms with van der Waals surface area (Å²) in [5, 5.41) is 8.36. The van der Waals surface area contributed by atoms with Crippen molar-refractivity contribution in [1.29, 1.82) is 0 Å². The Morgan fingerprint density at radius 2 is 2.15 bits per heavy atom. The van der Waals surface area contributed by atoms with E-state index in [0.29, 0.717) is 19.4 Å². The molecule has 26 heavy (non-hydrogen) atoms. The SMILES string of the molecule is CCCN1CCCn2nc(CNC(=O)CCc3ccccc3Cl)cc2C1. The number of carbonyl (C=O) groups excluding carboxylic acids is 1. The van der Waals surface area contributed by atoms with E-state index in [0.717, 1.165) is 48.9 Å². The van der Waals surface area contributed by atoms with Crippen LogP contribution in [0, 0.1) is 0 Å². The van der Waals surface area contributed by atoms with Crippen LogP contribution >= 0.6 is 11.6 Å². The van der Waals surface area contributed by atoms with Crippen molar-refractivity contribution in [2.75, 3.05) is 13.1 Å². The van der Waals surface area contributed by atoms with Gasteiger partial charge in [0.25, 0.3) is 0 Å². The molecule has 0 unspecified atom stereocenters. The molecule has 1 aromatic heterocycles. The minimum atomic E-state index is 0.0284. The first-order valence-electron chi connectivity index (χ1n) is 9.43. The van der Waals surface area contributed by atoms with Crippen LogP contribution in [-0.2, 0) is 30.8 Å². The van der Waals surface area contributed by atoms with Gasteiger partial charge in [-0.25, -0.2) is 0 Å². The summed E-state index contributed by atoms with van der Waals surface area (Å²) >= 11 is 6.14. The summed E-state index contributed by atoms with van der Waals surface area (Å²) in [7, 11) is 0. The molecule has 0 spiro atoms. The number of rotatable bonds is 7. The fraction of sp³-hybridized carbons (Fsp3) is 0.500. The number of halogens is 1. The largest absolute Gasteiger partial charge is 0.350 e. The van der Waals surface area contributed by atoms with E-state index in [4.69, 9.17) is 11.6 Å². The number of nitrogens with zero attached hydrogens (tertiary/aromatic N) is 3. The van der Waals surface area contributed by atoms with Gasteiger partial charge in [0.1, 0.15) is 0 Å². The Balaban J connectivity index is 1.50. The minimum absolute atomic E-state index is 0.0284. The van der Waals surface area contributed by atoms with E-state index in [1.54, 1.807) is 0 Å². The Labute approximate surface area is 160 Å². The van der Waals surface area contributed by atoms with Crippen molar-refractivity contribution >= 4 is 17.5 Å². The number of hydrogen-bond donors (Lipinski definition) is 1. The summed E-state index contributed by atoms with van der Waals surface area (Å²) in [6.45, 7) is 6.85. The zero-order valence-corrected chi connectivity index (χ0v) is 16.1. The smallest absolute Gasteiger partial charge is 0.220 e. The quantitative estimate of drug-likeness (QED) is 0.808. The summed E-state index contributed by atoms with van der Waals surface area (Å²) in [6.07, 6.45) is 3.37. The second-order valence-corrected chi connectivity index (χ2v) is 7.26. The number of hydrogen-bond acceptors (Lipinski definition) is 3. The fourth-order valence-electron chi connectivity index (χ4n) is 3.41. The lowest BCUT2D eigenvalue weighted by atomic mass is 10.1. The van der Waals surface area contributed by atoms with Crippen LogP contribution in [0.2, 0.25) is 5.02 Å². The first kappa shape index (κ1) is 18.9. The number of carbonyl (C=O) groups is 1. The zero-order chi connectivity index (χ0) is 18.4. The van der Waals surface area contributed by atoms with Crippen molar-refractivity contribution in [3.63, 3.8) is 0 Å². The van der Waals surface area contributed by atoms with E-state index < -0.39 is 0 Å². The summed E-state index contributed by atoms with van der Waals surface area (Å²) in [6, 6.07) is 9.79. The third-order valence-electron chi connectivity index (χ3n) is 4.73. The molecule has 0 atom stereocenters. The first-order valence-corrected chi connectivity index (χ1v) is 9.81. The van der Waals surface area contributed by atoms with E-state index in [2.05, 4.69) is 33.0 Å². The normalized spacial score (nSPS) is 14.7. The van der Waals surface area contributed by atoms with Gasteiger partial charge < -0.3 is 5.32 Å². The Kier molecular flexibility index (Phi) is 6.69. The van der Waals surface area contributed by atoms with Crippen molar-refractivity contribution in [3.05, 3.63) is 52.3 Å². The molecule has 1 N–H and O–H groups in total. The van der Waals surface area contributed by atoms with Crippen LogP contribution in [0.1, 0.15) is 43.1 Å². The van der Waals surface area contributed by atoms with Gasteiger partial charge in [0, 0.05) is 31.1 Å². The Hall–Kier alpha value is -1.85. The van der Waals surface area contributed by atoms with Gasteiger partial charge in [-0.15, -0.1) is 0 Å². The lowest BCUT2D eigenvalue weighted by Crippen LogP contribution is -2.24. The molecule has 0 saturated heterocycles. The molecule has 0 fully saturated rings. The molecule has 2 aromatic rings. The predicted octanol–water partition coefficient (Wildman–Crippen LogP) is 3.40. The summed E-state index contributed by atoms with van der Waals surface area (Å²) in [4.78, 5) is 14.6. The van der Waals surface area contributed by atoms with Gasteiger partial charge in [0.05, 0.1) is 17.9 Å². The van der Waals surface area contributed by atoms with Gasteiger partial charge in [-0.2, -0.15) is 5.10 Å². The summed E-state index contributed by atoms with van der Waals surface area (Å²) in [5.41, 5.74) is 3.19. The van der Waals surface area contributed by atoms with Crippen LogP contribution in [0.3, 0.4) is 0 Å². The zero-order valence-electron chi connectivity index (χ0n) is 15.4. The molecule has 0 bridgehead atoms. The molecule has 1 amide bonds. The monoisotopic (exact) mass is 374 g/mol. The highest BCUT2D eigenvalue weighted by Gasteiger charge is 2.16. The van der Waals surface area contributed by atoms with Crippen molar-refractivity contribution in [1.82, 2.24) is 20.0 Å². The van der Waals surface area contributed by atoms with Gasteiger partial charge in [0.2, 0.25) is 5.91 Å². The standard InChI is InChI=1S/C20H27ClN4O/c1-2-10-24-11-5-12-25-18(15-24)13-17(23-25)14-22-20(26)9-8-16-6-3-4-7-19(16)21/h3-4,6-7,13H,2,5,8-12,14-15H2,1H3,(H,22,26). The van der Waals surface area contributed by atoms with Crippen LogP contribution in [0.15, 0.2) is 30.3 Å². The van der Waals surface area contributed by atoms with Crippen LogP contribution in [0.25, 0.3) is 0 Å². The molecule has 0 saturated carbocycles. The molecule has 1 aliphatic rings. The van der Waals surface area contributed by atoms with Crippen molar-refractivity contribution in [3.8, 4) is 0 Å². The molecule has 0 radical (unpaired) electrons. The Bertz CT molecular complexity index is 743. The van der Waals surface area contributed by atoms with Crippen molar-refractivity contribution < 1.29 is 4.79 Å². The number of nitrogens with one attached hydrogen (secondary N) is 1. The van der Waals surface area contributed by atoms with Crippen LogP contribution < -0.4 is 5.32 Å². The number of aromatic nitrogens is 2. The molecule has 6 heteroatoms. The molecular weight excluding hydrogens is 348 g/mol. The molecule has 0 aliphatic carbocycles. The second-order valence-electron chi connectivity index (χ2n) is 6.85. The fourth-order valence-corrected chi connectivity index (χ4v) is 3.64. The van der Waals surface area contributed by atoms with Crippen LogP contribution in [0.5, 0.6) is 0 Å². The molecule has 1 aliphatic heterocycles. The van der Waals surface area contributed by atoms with Gasteiger partial charge in [-0.3, -0.25) is 14.4 Å². The average Bonchev–Trinajstić information content (AvgIpc) is 2.91. The third-order valence-corrected chi connectivity index (χ3v) is 5.10. The first-order chi connectivity index (χ1) is 12.7. The van der Waals surface area contributed by atoms with Crippen molar-refractivity contribution in [2.24, 2.45) is 0 Å². The van der Waals surface area contributed by atoms with Gasteiger partial charge in [-0.1, -0.05) is 36.7 Å². The molecular formula is C20H27ClN4O. The highest BCUT2D eigenvalue weighted by atomic mass is 35.5. The topological polar surface area (TPSA) is 50.2 Å². The average molecular weight is 375 g/mol. The highest BCUT2D eigenvalue weighted by molar-refractivity contribution is 6.31. The highest BCUT2D eigenvalue weighted by Crippen LogP contribution is 2.17. The van der Waals surface area contributed by atoms with E-state index in [1.807, 2.05) is 24.3 Å². The predicted molar refractivity (Wildman–Crippen MR) is 104 cm³/mol. The molecule has 3 rings (SSSR count).